The molecule has 2 aromatic rings. The van der Waals surface area contributed by atoms with Crippen molar-refractivity contribution in [1.82, 2.24) is 4.98 Å². The zero-order valence-electron chi connectivity index (χ0n) is 9.51. The van der Waals surface area contributed by atoms with Gasteiger partial charge in [-0.1, -0.05) is 18.2 Å². The lowest BCUT2D eigenvalue weighted by Gasteiger charge is -2.00. The number of hydrogen-bond donors (Lipinski definition) is 0. The van der Waals surface area contributed by atoms with E-state index in [1.54, 1.807) is 12.4 Å². The van der Waals surface area contributed by atoms with Gasteiger partial charge >= 0.3 is 0 Å². The van der Waals surface area contributed by atoms with E-state index in [-0.39, 0.29) is 0 Å². The highest BCUT2D eigenvalue weighted by atomic mass is 14.8. The Hall–Kier alpha value is -1.96. The van der Waals surface area contributed by atoms with Gasteiger partial charge < -0.3 is 0 Å². The fourth-order valence-corrected chi connectivity index (χ4v) is 1.45. The number of hydrogen-bond acceptors (Lipinski definition) is 2. The molecule has 0 saturated carbocycles. The van der Waals surface area contributed by atoms with E-state index >= 15 is 0 Å². The second kappa shape index (κ2) is 4.71. The molecule has 1 aromatic carbocycles. The third-order valence-corrected chi connectivity index (χ3v) is 2.39. The number of pyridine rings is 1. The number of benzene rings is 1. The molecule has 0 aliphatic heterocycles. The summed E-state index contributed by atoms with van der Waals surface area (Å²) < 4.78 is 0. The summed E-state index contributed by atoms with van der Waals surface area (Å²) in [5, 5.41) is 0. The van der Waals surface area contributed by atoms with Crippen LogP contribution in [0.5, 0.6) is 0 Å². The average molecular weight is 210 g/mol. The minimum atomic E-state index is 0.878. The van der Waals surface area contributed by atoms with Crippen LogP contribution in [0.15, 0.2) is 47.6 Å². The monoisotopic (exact) mass is 210 g/mol. The third kappa shape index (κ3) is 2.54. The zero-order valence-corrected chi connectivity index (χ0v) is 9.51. The van der Waals surface area contributed by atoms with Crippen molar-refractivity contribution in [2.45, 2.75) is 13.8 Å². The van der Waals surface area contributed by atoms with Crippen molar-refractivity contribution in [3.05, 3.63) is 59.4 Å². The topological polar surface area (TPSA) is 25.2 Å². The summed E-state index contributed by atoms with van der Waals surface area (Å²) in [5.41, 5.74) is 4.28. The predicted molar refractivity (Wildman–Crippen MR) is 67.4 cm³/mol. The van der Waals surface area contributed by atoms with E-state index in [9.17, 15) is 0 Å². The fourth-order valence-electron chi connectivity index (χ4n) is 1.45. The predicted octanol–water partition coefficient (Wildman–Crippen LogP) is 3.45. The highest BCUT2D eigenvalue weighted by molar-refractivity contribution is 5.79. The number of aryl methyl sites for hydroxylation is 2. The molecule has 0 fully saturated rings. The lowest BCUT2D eigenvalue weighted by Crippen LogP contribution is -1.85. The van der Waals surface area contributed by atoms with Crippen LogP contribution in [0.4, 0.5) is 5.69 Å². The Labute approximate surface area is 95.7 Å². The fraction of sp³-hybridized carbons (Fsp3) is 0.143. The number of aliphatic imine (C=N–C) groups is 1. The van der Waals surface area contributed by atoms with Gasteiger partial charge in [0.15, 0.2) is 0 Å². The highest BCUT2D eigenvalue weighted by Crippen LogP contribution is 2.19. The SMILES string of the molecule is Cc1ccc(C)c(N=Cc2ccccn2)c1. The Morgan fingerprint density at radius 1 is 1.12 bits per heavy atom. The summed E-state index contributed by atoms with van der Waals surface area (Å²) in [6.45, 7) is 4.13. The van der Waals surface area contributed by atoms with Crippen molar-refractivity contribution in [3.63, 3.8) is 0 Å². The molecule has 0 aliphatic rings. The maximum absolute atomic E-state index is 4.45. The molecule has 0 atom stereocenters. The minimum Gasteiger partial charge on any atom is -0.255 e. The first-order valence-corrected chi connectivity index (χ1v) is 5.28. The van der Waals surface area contributed by atoms with E-state index in [2.05, 4.69) is 42.0 Å². The van der Waals surface area contributed by atoms with Crippen molar-refractivity contribution in [2.75, 3.05) is 0 Å². The van der Waals surface area contributed by atoms with Gasteiger partial charge in [0.1, 0.15) is 0 Å². The molecule has 2 rings (SSSR count). The van der Waals surface area contributed by atoms with Gasteiger partial charge in [-0.05, 0) is 43.2 Å². The van der Waals surface area contributed by atoms with Crippen molar-refractivity contribution in [3.8, 4) is 0 Å². The Morgan fingerprint density at radius 3 is 2.75 bits per heavy atom. The zero-order chi connectivity index (χ0) is 11.4. The molecule has 2 nitrogen and oxygen atoms in total. The molecule has 80 valence electrons. The molecule has 16 heavy (non-hydrogen) atoms. The maximum atomic E-state index is 4.45. The standard InChI is InChI=1S/C14H14N2/c1-11-6-7-12(2)14(9-11)16-10-13-5-3-4-8-15-13/h3-10H,1-2H3. The largest absolute Gasteiger partial charge is 0.255 e. The summed E-state index contributed by atoms with van der Waals surface area (Å²) in [6, 6.07) is 12.0. The van der Waals surface area contributed by atoms with Crippen LogP contribution in [-0.4, -0.2) is 11.2 Å². The van der Waals surface area contributed by atoms with Crippen LogP contribution >= 0.6 is 0 Å². The molecule has 0 aliphatic carbocycles. The molecule has 0 radical (unpaired) electrons. The van der Waals surface area contributed by atoms with Gasteiger partial charge in [-0.25, -0.2) is 0 Å². The molecular formula is C14H14N2. The van der Waals surface area contributed by atoms with Crippen LogP contribution in [0.2, 0.25) is 0 Å². The van der Waals surface area contributed by atoms with Gasteiger partial charge in [0, 0.05) is 6.20 Å². The van der Waals surface area contributed by atoms with Crippen LogP contribution in [0.25, 0.3) is 0 Å². The van der Waals surface area contributed by atoms with Crippen molar-refractivity contribution in [2.24, 2.45) is 4.99 Å². The second-order valence-corrected chi connectivity index (χ2v) is 3.80. The molecule has 2 heteroatoms. The first-order chi connectivity index (χ1) is 7.75. The van der Waals surface area contributed by atoms with E-state index < -0.39 is 0 Å². The van der Waals surface area contributed by atoms with Crippen LogP contribution in [-0.2, 0) is 0 Å². The van der Waals surface area contributed by atoms with Gasteiger partial charge in [-0.2, -0.15) is 0 Å². The van der Waals surface area contributed by atoms with Gasteiger partial charge in [-0.3, -0.25) is 9.98 Å². The van der Waals surface area contributed by atoms with Crippen LogP contribution in [0.1, 0.15) is 16.8 Å². The first-order valence-electron chi connectivity index (χ1n) is 5.28. The molecule has 1 heterocycles. The highest BCUT2D eigenvalue weighted by Gasteiger charge is 1.95. The summed E-state index contributed by atoms with van der Waals surface area (Å²) in [6.07, 6.45) is 3.56. The van der Waals surface area contributed by atoms with Crippen LogP contribution in [0, 0.1) is 13.8 Å². The molecule has 0 spiro atoms. The second-order valence-electron chi connectivity index (χ2n) is 3.80. The third-order valence-electron chi connectivity index (χ3n) is 2.39. The minimum absolute atomic E-state index is 0.878. The Kier molecular flexibility index (Phi) is 3.10. The van der Waals surface area contributed by atoms with E-state index in [0.717, 1.165) is 11.4 Å². The normalized spacial score (nSPS) is 10.9. The summed E-state index contributed by atoms with van der Waals surface area (Å²) in [5.74, 6) is 0. The number of nitrogens with zero attached hydrogens (tertiary/aromatic N) is 2. The number of rotatable bonds is 2. The van der Waals surface area contributed by atoms with E-state index in [1.807, 2.05) is 18.2 Å². The summed E-state index contributed by atoms with van der Waals surface area (Å²) in [7, 11) is 0. The van der Waals surface area contributed by atoms with Gasteiger partial charge in [-0.15, -0.1) is 0 Å². The summed E-state index contributed by atoms with van der Waals surface area (Å²) >= 11 is 0. The Bertz CT molecular complexity index is 501. The first kappa shape index (κ1) is 10.6. The maximum Gasteiger partial charge on any atom is 0.0812 e. The molecule has 0 amide bonds. The van der Waals surface area contributed by atoms with Crippen molar-refractivity contribution in [1.29, 1.82) is 0 Å². The summed E-state index contributed by atoms with van der Waals surface area (Å²) in [4.78, 5) is 8.65. The molecule has 0 N–H and O–H groups in total. The molecule has 0 saturated heterocycles. The quantitative estimate of drug-likeness (QED) is 0.697. The molecule has 0 unspecified atom stereocenters. The molecular weight excluding hydrogens is 196 g/mol. The van der Waals surface area contributed by atoms with E-state index in [0.29, 0.717) is 0 Å². The molecule has 1 aromatic heterocycles. The lowest BCUT2D eigenvalue weighted by molar-refractivity contribution is 1.29. The van der Waals surface area contributed by atoms with Crippen molar-refractivity contribution >= 4 is 11.9 Å². The van der Waals surface area contributed by atoms with Gasteiger partial charge in [0.05, 0.1) is 17.6 Å². The van der Waals surface area contributed by atoms with Gasteiger partial charge in [0.2, 0.25) is 0 Å². The number of aromatic nitrogens is 1. The Balaban J connectivity index is 2.27. The van der Waals surface area contributed by atoms with E-state index in [1.165, 1.54) is 11.1 Å². The molecule has 0 bridgehead atoms. The van der Waals surface area contributed by atoms with Crippen LogP contribution in [0.3, 0.4) is 0 Å². The van der Waals surface area contributed by atoms with E-state index in [4.69, 9.17) is 0 Å². The smallest absolute Gasteiger partial charge is 0.0812 e. The lowest BCUT2D eigenvalue weighted by atomic mass is 10.1. The Morgan fingerprint density at radius 2 is 2.00 bits per heavy atom. The van der Waals surface area contributed by atoms with Crippen LogP contribution < -0.4 is 0 Å². The van der Waals surface area contributed by atoms with Crippen molar-refractivity contribution < 1.29 is 0 Å². The van der Waals surface area contributed by atoms with Gasteiger partial charge in [0.25, 0.3) is 0 Å². The average Bonchev–Trinajstić information content (AvgIpc) is 2.32.